The molecule has 0 unspecified atom stereocenters. The molecule has 15 heavy (non-hydrogen) atoms. The minimum Gasteiger partial charge on any atom is -0.272 e. The molecule has 1 aliphatic rings. The van der Waals surface area contributed by atoms with Crippen molar-refractivity contribution in [1.82, 2.24) is 9.99 Å². The molecule has 0 aromatic carbocycles. The van der Waals surface area contributed by atoms with Crippen LogP contribution in [0.15, 0.2) is 29.6 Å². The predicted molar refractivity (Wildman–Crippen MR) is 53.1 cm³/mol. The molecule has 2 amide bonds. The van der Waals surface area contributed by atoms with Crippen LogP contribution in [0.25, 0.3) is 0 Å². The topological polar surface area (TPSA) is 62.6 Å². The smallest absolute Gasteiger partial charge is 0.272 e. The van der Waals surface area contributed by atoms with E-state index in [4.69, 9.17) is 0 Å². The monoisotopic (exact) mass is 203 g/mol. The molecule has 5 heteroatoms. The van der Waals surface area contributed by atoms with Crippen LogP contribution < -0.4 is 0 Å². The van der Waals surface area contributed by atoms with E-state index in [9.17, 15) is 9.59 Å². The van der Waals surface area contributed by atoms with E-state index in [1.807, 2.05) is 0 Å². The molecule has 1 aromatic heterocycles. The number of carbonyl (C=O) groups excluding carboxylic acids is 2. The van der Waals surface area contributed by atoms with Gasteiger partial charge in [-0.1, -0.05) is 0 Å². The minimum absolute atomic E-state index is 0.219. The van der Waals surface area contributed by atoms with Gasteiger partial charge in [0.2, 0.25) is 0 Å². The van der Waals surface area contributed by atoms with Gasteiger partial charge in [0.1, 0.15) is 0 Å². The Labute approximate surface area is 86.4 Å². The van der Waals surface area contributed by atoms with Crippen molar-refractivity contribution in [2.75, 3.05) is 0 Å². The van der Waals surface area contributed by atoms with Gasteiger partial charge in [0.25, 0.3) is 11.8 Å². The largest absolute Gasteiger partial charge is 0.281 e. The summed E-state index contributed by atoms with van der Waals surface area (Å²) < 4.78 is 0. The third-order valence-corrected chi connectivity index (χ3v) is 2.03. The number of nitrogens with zero attached hydrogens (tertiary/aromatic N) is 3. The number of pyridine rings is 1. The first kappa shape index (κ1) is 9.51. The first-order chi connectivity index (χ1) is 7.18. The van der Waals surface area contributed by atoms with Gasteiger partial charge in [-0.25, -0.2) is 0 Å². The Kier molecular flexibility index (Phi) is 2.29. The Hall–Kier alpha value is -2.04. The van der Waals surface area contributed by atoms with E-state index in [1.54, 1.807) is 19.1 Å². The Bertz CT molecular complexity index is 439. The molecule has 0 saturated heterocycles. The van der Waals surface area contributed by atoms with Gasteiger partial charge in [-0.15, -0.1) is 0 Å². The Morgan fingerprint density at radius 2 is 2.07 bits per heavy atom. The molecule has 0 bridgehead atoms. The molecule has 0 fully saturated rings. The second kappa shape index (κ2) is 3.61. The highest BCUT2D eigenvalue weighted by Gasteiger charge is 2.27. The Morgan fingerprint density at radius 1 is 1.40 bits per heavy atom. The van der Waals surface area contributed by atoms with Crippen molar-refractivity contribution in [3.63, 3.8) is 0 Å². The highest BCUT2D eigenvalue weighted by atomic mass is 16.2. The van der Waals surface area contributed by atoms with Crippen molar-refractivity contribution in [2.24, 2.45) is 5.10 Å². The van der Waals surface area contributed by atoms with Crippen molar-refractivity contribution in [3.05, 3.63) is 30.1 Å². The first-order valence-electron chi connectivity index (χ1n) is 4.50. The van der Waals surface area contributed by atoms with E-state index in [0.717, 1.165) is 5.01 Å². The molecule has 2 heterocycles. The van der Waals surface area contributed by atoms with Gasteiger partial charge in [0.05, 0.1) is 6.42 Å². The van der Waals surface area contributed by atoms with E-state index in [-0.39, 0.29) is 12.3 Å². The maximum atomic E-state index is 11.8. The van der Waals surface area contributed by atoms with Crippen LogP contribution in [0.2, 0.25) is 0 Å². The number of hydrazone groups is 1. The molecule has 0 spiro atoms. The third kappa shape index (κ3) is 1.76. The number of rotatable bonds is 1. The molecule has 0 N–H and O–H groups in total. The highest BCUT2D eigenvalue weighted by Crippen LogP contribution is 2.12. The van der Waals surface area contributed by atoms with Gasteiger partial charge in [-0.05, 0) is 19.1 Å². The molecule has 5 nitrogen and oxygen atoms in total. The van der Waals surface area contributed by atoms with Crippen molar-refractivity contribution in [3.8, 4) is 0 Å². The summed E-state index contributed by atoms with van der Waals surface area (Å²) in [5, 5.41) is 4.78. The summed E-state index contributed by atoms with van der Waals surface area (Å²) in [7, 11) is 0. The van der Waals surface area contributed by atoms with E-state index >= 15 is 0 Å². The zero-order valence-electron chi connectivity index (χ0n) is 8.17. The van der Waals surface area contributed by atoms with Gasteiger partial charge >= 0.3 is 0 Å². The number of carbonyl (C=O) groups is 2. The fourth-order valence-electron chi connectivity index (χ4n) is 1.33. The van der Waals surface area contributed by atoms with Crippen molar-refractivity contribution < 1.29 is 9.59 Å². The molecule has 1 aliphatic heterocycles. The van der Waals surface area contributed by atoms with E-state index in [2.05, 4.69) is 10.1 Å². The standard InChI is InChI=1S/C10H9N3O2/c1-7-6-9(14)13(12-7)10(15)8-2-4-11-5-3-8/h2-5H,6H2,1H3. The van der Waals surface area contributed by atoms with Gasteiger partial charge in [-0.2, -0.15) is 10.1 Å². The van der Waals surface area contributed by atoms with Crippen molar-refractivity contribution >= 4 is 17.5 Å². The van der Waals surface area contributed by atoms with Gasteiger partial charge in [0.15, 0.2) is 0 Å². The summed E-state index contributed by atoms with van der Waals surface area (Å²) in [4.78, 5) is 26.9. The summed E-state index contributed by atoms with van der Waals surface area (Å²) in [6.07, 6.45) is 3.23. The van der Waals surface area contributed by atoms with Crippen LogP contribution in [0.4, 0.5) is 0 Å². The lowest BCUT2D eigenvalue weighted by Crippen LogP contribution is -2.28. The number of imide groups is 1. The van der Waals surface area contributed by atoms with E-state index < -0.39 is 5.91 Å². The maximum absolute atomic E-state index is 11.8. The fourth-order valence-corrected chi connectivity index (χ4v) is 1.33. The molecule has 76 valence electrons. The molecule has 0 atom stereocenters. The van der Waals surface area contributed by atoms with Crippen LogP contribution in [-0.4, -0.2) is 27.5 Å². The number of amides is 2. The number of aromatic nitrogens is 1. The molecule has 1 aromatic rings. The van der Waals surface area contributed by atoms with Gasteiger partial charge < -0.3 is 0 Å². The molecule has 0 radical (unpaired) electrons. The average Bonchev–Trinajstić information content (AvgIpc) is 2.58. The van der Waals surface area contributed by atoms with E-state index in [0.29, 0.717) is 11.3 Å². The second-order valence-corrected chi connectivity index (χ2v) is 3.26. The van der Waals surface area contributed by atoms with Crippen LogP contribution in [0.3, 0.4) is 0 Å². The second-order valence-electron chi connectivity index (χ2n) is 3.26. The molecule has 0 saturated carbocycles. The summed E-state index contributed by atoms with van der Waals surface area (Å²) >= 11 is 0. The third-order valence-electron chi connectivity index (χ3n) is 2.03. The van der Waals surface area contributed by atoms with Gasteiger partial charge in [-0.3, -0.25) is 14.6 Å². The lowest BCUT2D eigenvalue weighted by Gasteiger charge is -2.08. The lowest BCUT2D eigenvalue weighted by atomic mass is 10.2. The van der Waals surface area contributed by atoms with Crippen LogP contribution >= 0.6 is 0 Å². The van der Waals surface area contributed by atoms with Crippen molar-refractivity contribution in [2.45, 2.75) is 13.3 Å². The van der Waals surface area contributed by atoms with Crippen LogP contribution in [0.5, 0.6) is 0 Å². The zero-order chi connectivity index (χ0) is 10.8. The quantitative estimate of drug-likeness (QED) is 0.635. The number of hydrogen-bond acceptors (Lipinski definition) is 4. The predicted octanol–water partition coefficient (Wildman–Crippen LogP) is 0.830. The van der Waals surface area contributed by atoms with Crippen LogP contribution in [-0.2, 0) is 4.79 Å². The first-order valence-corrected chi connectivity index (χ1v) is 4.50. The summed E-state index contributed by atoms with van der Waals surface area (Å²) in [5.74, 6) is -0.687. The molecular formula is C10H9N3O2. The molecule has 0 aliphatic carbocycles. The normalized spacial score (nSPS) is 15.4. The molecular weight excluding hydrogens is 194 g/mol. The van der Waals surface area contributed by atoms with E-state index in [1.165, 1.54) is 12.4 Å². The highest BCUT2D eigenvalue weighted by molar-refractivity contribution is 6.13. The SMILES string of the molecule is CC1=NN(C(=O)c2ccncc2)C(=O)C1. The Morgan fingerprint density at radius 3 is 2.60 bits per heavy atom. The van der Waals surface area contributed by atoms with Gasteiger partial charge in [0, 0.05) is 23.7 Å². The van der Waals surface area contributed by atoms with Crippen LogP contribution in [0, 0.1) is 0 Å². The van der Waals surface area contributed by atoms with Crippen molar-refractivity contribution in [1.29, 1.82) is 0 Å². The summed E-state index contributed by atoms with van der Waals surface area (Å²) in [6, 6.07) is 3.11. The van der Waals surface area contributed by atoms with Crippen LogP contribution in [0.1, 0.15) is 23.7 Å². The fraction of sp³-hybridized carbons (Fsp3) is 0.200. The Balaban J connectivity index is 2.26. The average molecular weight is 203 g/mol. The summed E-state index contributed by atoms with van der Waals surface area (Å²) in [6.45, 7) is 1.72. The minimum atomic E-state index is -0.403. The molecule has 2 rings (SSSR count). The maximum Gasteiger partial charge on any atom is 0.281 e. The summed E-state index contributed by atoms with van der Waals surface area (Å²) in [5.41, 5.74) is 1.07. The number of hydrogen-bond donors (Lipinski definition) is 0. The zero-order valence-corrected chi connectivity index (χ0v) is 8.17. The lowest BCUT2D eigenvalue weighted by molar-refractivity contribution is -0.126.